The van der Waals surface area contributed by atoms with Crippen molar-refractivity contribution in [2.24, 2.45) is 17.8 Å². The molecule has 13 heteroatoms. The number of Topliss-reactive ketones (excluding diaryl/α,β-unsaturated/α-hetero) is 1. The van der Waals surface area contributed by atoms with Gasteiger partial charge in [0.25, 0.3) is 10.2 Å². The van der Waals surface area contributed by atoms with Crippen molar-refractivity contribution in [1.82, 2.24) is 19.7 Å². The van der Waals surface area contributed by atoms with Gasteiger partial charge in [0.15, 0.2) is 0 Å². The molecule has 0 spiro atoms. The van der Waals surface area contributed by atoms with Gasteiger partial charge in [-0.3, -0.25) is 9.59 Å². The number of hydrogen-bond donors (Lipinski definition) is 4. The van der Waals surface area contributed by atoms with Crippen LogP contribution < -0.4 is 15.4 Å². The maximum atomic E-state index is 13.9. The van der Waals surface area contributed by atoms with Crippen molar-refractivity contribution in [3.05, 3.63) is 35.9 Å². The number of benzene rings is 1. The Kier molecular flexibility index (Phi) is 16.0. The van der Waals surface area contributed by atoms with E-state index in [0.29, 0.717) is 25.9 Å². The Morgan fingerprint density at radius 2 is 1.67 bits per heavy atom. The molecule has 4 atom stereocenters. The van der Waals surface area contributed by atoms with Crippen LogP contribution in [0.1, 0.15) is 98.0 Å². The predicted octanol–water partition coefficient (Wildman–Crippen LogP) is 4.12. The van der Waals surface area contributed by atoms with Crippen LogP contribution in [0.5, 0.6) is 0 Å². The van der Waals surface area contributed by atoms with Crippen molar-refractivity contribution in [2.75, 3.05) is 26.8 Å². The van der Waals surface area contributed by atoms with Crippen LogP contribution in [0.3, 0.4) is 0 Å². The molecule has 2 saturated carbocycles. The molecule has 49 heavy (non-hydrogen) atoms. The van der Waals surface area contributed by atoms with Crippen LogP contribution in [0.25, 0.3) is 0 Å². The number of aliphatic hydroxyl groups excluding tert-OH is 1. The number of nitrogens with one attached hydrogen (secondary N) is 3. The van der Waals surface area contributed by atoms with Crippen molar-refractivity contribution in [1.29, 1.82) is 0 Å². The smallest absolute Gasteiger partial charge is 0.407 e. The molecular weight excluding hydrogens is 648 g/mol. The number of carbonyl (C=O) groups excluding carboxylic acids is 3. The first-order valence-electron chi connectivity index (χ1n) is 17.9. The standard InChI is InChI=1S/C36H60N4O8S/c1-25(2)20-21-40(49(45,46)39-36(4,5)26(3)41)23-33(42)32(22-27-12-8-7-9-13-27)37-34(43)30-14-10-11-15-31(30)38-35(44)48-24-28-16-18-29(47-6)19-17-28/h7-9,12-13,25,28-33,39,42H,10-11,14-24H2,1-6H3,(H,37,43)(H,38,44). The summed E-state index contributed by atoms with van der Waals surface area (Å²) in [6, 6.07) is 8.12. The zero-order valence-electron chi connectivity index (χ0n) is 30.3. The molecule has 0 bridgehead atoms. The van der Waals surface area contributed by atoms with E-state index >= 15 is 0 Å². The van der Waals surface area contributed by atoms with E-state index in [1.807, 2.05) is 44.2 Å². The fraction of sp³-hybridized carbons (Fsp3) is 0.750. The fourth-order valence-corrected chi connectivity index (χ4v) is 8.10. The minimum absolute atomic E-state index is 0.120. The van der Waals surface area contributed by atoms with E-state index in [1.165, 1.54) is 20.8 Å². The first kappa shape index (κ1) is 40.8. The van der Waals surface area contributed by atoms with Gasteiger partial charge in [-0.05, 0) is 89.5 Å². The molecule has 4 unspecified atom stereocenters. The van der Waals surface area contributed by atoms with E-state index in [0.717, 1.165) is 48.4 Å². The summed E-state index contributed by atoms with van der Waals surface area (Å²) in [5.41, 5.74) is -0.480. The number of carbonyl (C=O) groups is 3. The van der Waals surface area contributed by atoms with Crippen LogP contribution >= 0.6 is 0 Å². The second-order valence-electron chi connectivity index (χ2n) is 14.8. The summed E-state index contributed by atoms with van der Waals surface area (Å²) in [6.07, 6.45) is 5.87. The zero-order chi connectivity index (χ0) is 36.2. The zero-order valence-corrected chi connectivity index (χ0v) is 31.1. The number of ketones is 1. The average Bonchev–Trinajstić information content (AvgIpc) is 3.05. The highest BCUT2D eigenvalue weighted by Crippen LogP contribution is 2.28. The summed E-state index contributed by atoms with van der Waals surface area (Å²) in [4.78, 5) is 39.0. The molecule has 0 saturated heterocycles. The Balaban J connectivity index is 1.73. The summed E-state index contributed by atoms with van der Waals surface area (Å²) in [5.74, 6) is -0.722. The normalized spacial score (nSPS) is 23.1. The van der Waals surface area contributed by atoms with Crippen molar-refractivity contribution >= 4 is 28.0 Å². The van der Waals surface area contributed by atoms with Crippen LogP contribution in [-0.4, -0.2) is 92.2 Å². The molecule has 2 aliphatic carbocycles. The number of rotatable bonds is 18. The van der Waals surface area contributed by atoms with Crippen LogP contribution in [0.2, 0.25) is 0 Å². The minimum Gasteiger partial charge on any atom is -0.449 e. The predicted molar refractivity (Wildman–Crippen MR) is 189 cm³/mol. The third-order valence-electron chi connectivity index (χ3n) is 10.0. The van der Waals surface area contributed by atoms with E-state index in [4.69, 9.17) is 9.47 Å². The van der Waals surface area contributed by atoms with Gasteiger partial charge in [0, 0.05) is 26.2 Å². The molecule has 3 rings (SSSR count). The summed E-state index contributed by atoms with van der Waals surface area (Å²) in [6.45, 7) is 8.43. The number of alkyl carbamates (subject to hydrolysis) is 1. The van der Waals surface area contributed by atoms with E-state index in [9.17, 15) is 27.9 Å². The first-order chi connectivity index (χ1) is 23.1. The van der Waals surface area contributed by atoms with Gasteiger partial charge in [-0.2, -0.15) is 17.4 Å². The quantitative estimate of drug-likeness (QED) is 0.177. The highest BCUT2D eigenvalue weighted by molar-refractivity contribution is 7.87. The Morgan fingerprint density at radius 1 is 1.02 bits per heavy atom. The highest BCUT2D eigenvalue weighted by Gasteiger charge is 2.38. The van der Waals surface area contributed by atoms with E-state index in [-0.39, 0.29) is 49.1 Å². The number of amides is 2. The number of methoxy groups -OCH3 is 1. The maximum Gasteiger partial charge on any atom is 0.407 e. The maximum absolute atomic E-state index is 13.9. The van der Waals surface area contributed by atoms with Gasteiger partial charge >= 0.3 is 6.09 Å². The molecule has 2 aliphatic rings. The van der Waals surface area contributed by atoms with Gasteiger partial charge in [0.05, 0.1) is 36.3 Å². The van der Waals surface area contributed by atoms with Crippen molar-refractivity contribution in [2.45, 2.75) is 129 Å². The monoisotopic (exact) mass is 708 g/mol. The minimum atomic E-state index is -4.19. The SMILES string of the molecule is COC1CCC(COC(=O)NC2CCCCC2C(=O)NC(Cc2ccccc2)C(O)CN(CCC(C)C)S(=O)(=O)NC(C)(C)C(C)=O)CC1. The molecule has 2 amide bonds. The van der Waals surface area contributed by atoms with Crippen LogP contribution in [0, 0.1) is 17.8 Å². The number of nitrogens with zero attached hydrogens (tertiary/aromatic N) is 1. The highest BCUT2D eigenvalue weighted by atomic mass is 32.2. The number of hydrogen-bond acceptors (Lipinski definition) is 8. The van der Waals surface area contributed by atoms with E-state index in [1.54, 1.807) is 7.11 Å². The van der Waals surface area contributed by atoms with Gasteiger partial charge < -0.3 is 25.2 Å². The molecule has 0 heterocycles. The third kappa shape index (κ3) is 13.2. The van der Waals surface area contributed by atoms with Crippen molar-refractivity contribution in [3.63, 3.8) is 0 Å². The summed E-state index contributed by atoms with van der Waals surface area (Å²) < 4.78 is 41.9. The molecule has 278 valence electrons. The second kappa shape index (κ2) is 19.1. The largest absolute Gasteiger partial charge is 0.449 e. The lowest BCUT2D eigenvalue weighted by Crippen LogP contribution is -2.58. The van der Waals surface area contributed by atoms with Crippen LogP contribution in [0.4, 0.5) is 4.79 Å². The van der Waals surface area contributed by atoms with Crippen molar-refractivity contribution in [3.8, 4) is 0 Å². The Morgan fingerprint density at radius 3 is 2.29 bits per heavy atom. The summed E-state index contributed by atoms with van der Waals surface area (Å²) in [5, 5.41) is 17.6. The average molecular weight is 709 g/mol. The van der Waals surface area contributed by atoms with Gasteiger partial charge in [-0.25, -0.2) is 4.79 Å². The number of aliphatic hydroxyl groups is 1. The van der Waals surface area contributed by atoms with E-state index in [2.05, 4.69) is 15.4 Å². The Hall–Kier alpha value is -2.58. The van der Waals surface area contributed by atoms with Crippen LogP contribution in [-0.2, 0) is 35.7 Å². The fourth-order valence-electron chi connectivity index (χ4n) is 6.49. The lowest BCUT2D eigenvalue weighted by molar-refractivity contribution is -0.128. The summed E-state index contributed by atoms with van der Waals surface area (Å²) >= 11 is 0. The lowest BCUT2D eigenvalue weighted by atomic mass is 9.83. The molecule has 12 nitrogen and oxygen atoms in total. The molecule has 2 fully saturated rings. The molecular formula is C36H60N4O8S. The molecule has 0 radical (unpaired) electrons. The summed E-state index contributed by atoms with van der Waals surface area (Å²) in [7, 11) is -2.47. The molecule has 1 aromatic carbocycles. The second-order valence-corrected chi connectivity index (χ2v) is 16.5. The Labute approximate surface area is 293 Å². The van der Waals surface area contributed by atoms with Gasteiger partial charge in [-0.1, -0.05) is 57.0 Å². The molecule has 0 aliphatic heterocycles. The van der Waals surface area contributed by atoms with Gasteiger partial charge in [-0.15, -0.1) is 0 Å². The first-order valence-corrected chi connectivity index (χ1v) is 19.3. The van der Waals surface area contributed by atoms with Gasteiger partial charge in [0.2, 0.25) is 5.91 Å². The lowest BCUT2D eigenvalue weighted by Gasteiger charge is -2.35. The molecule has 0 aromatic heterocycles. The molecule has 4 N–H and O–H groups in total. The molecule has 1 aromatic rings. The topological polar surface area (TPSA) is 163 Å². The van der Waals surface area contributed by atoms with Gasteiger partial charge in [0.1, 0.15) is 5.78 Å². The van der Waals surface area contributed by atoms with Crippen LogP contribution in [0.15, 0.2) is 30.3 Å². The number of ether oxygens (including phenoxy) is 2. The third-order valence-corrected chi connectivity index (χ3v) is 11.8. The van der Waals surface area contributed by atoms with E-state index < -0.39 is 45.9 Å². The van der Waals surface area contributed by atoms with Crippen molar-refractivity contribution < 1.29 is 37.4 Å². The Bertz CT molecular complexity index is 1300.